The van der Waals surface area contributed by atoms with Crippen LogP contribution < -0.4 is 15.8 Å². The normalized spacial score (nSPS) is 12.0. The van der Waals surface area contributed by atoms with Crippen molar-refractivity contribution in [3.8, 4) is 17.4 Å². The van der Waals surface area contributed by atoms with Crippen LogP contribution in [0.1, 0.15) is 25.2 Å². The van der Waals surface area contributed by atoms with Gasteiger partial charge >= 0.3 is 0 Å². The molecule has 3 rings (SSSR count). The van der Waals surface area contributed by atoms with E-state index in [0.717, 1.165) is 17.9 Å². The van der Waals surface area contributed by atoms with E-state index in [4.69, 9.17) is 10.5 Å². The fourth-order valence-electron chi connectivity index (χ4n) is 2.65. The molecule has 30 heavy (non-hydrogen) atoms. The van der Waals surface area contributed by atoms with Crippen LogP contribution in [0.4, 0.5) is 5.82 Å². The Morgan fingerprint density at radius 3 is 2.80 bits per heavy atom. The second-order valence-corrected chi connectivity index (χ2v) is 7.29. The minimum Gasteiger partial charge on any atom is -0.439 e. The predicted octanol–water partition coefficient (Wildman–Crippen LogP) is 4.01. The zero-order valence-electron chi connectivity index (χ0n) is 17.7. The summed E-state index contributed by atoms with van der Waals surface area (Å²) in [6.07, 6.45) is 4.83. The van der Waals surface area contributed by atoms with E-state index in [-0.39, 0.29) is 0 Å². The number of aromatic nitrogens is 4. The van der Waals surface area contributed by atoms with Crippen molar-refractivity contribution >= 4 is 12.0 Å². The Labute approximate surface area is 176 Å². The molecule has 0 saturated heterocycles. The maximum atomic E-state index is 6.09. The van der Waals surface area contributed by atoms with E-state index < -0.39 is 0 Å². The molecule has 0 aliphatic rings. The highest BCUT2D eigenvalue weighted by Gasteiger charge is 2.12. The summed E-state index contributed by atoms with van der Waals surface area (Å²) in [5.41, 5.74) is 8.10. The molecule has 0 unspecified atom stereocenters. The van der Waals surface area contributed by atoms with Gasteiger partial charge in [-0.15, -0.1) is 0 Å². The lowest BCUT2D eigenvalue weighted by Gasteiger charge is -2.10. The van der Waals surface area contributed by atoms with Gasteiger partial charge in [0.05, 0.1) is 11.4 Å². The lowest BCUT2D eigenvalue weighted by atomic mass is 10.2. The first kappa shape index (κ1) is 21.0. The molecular weight excluding hydrogens is 378 g/mol. The number of nitrogens with zero attached hydrogens (tertiary/aromatic N) is 5. The van der Waals surface area contributed by atoms with Crippen LogP contribution in [0.15, 0.2) is 59.5 Å². The third-order valence-electron chi connectivity index (χ3n) is 4.00. The van der Waals surface area contributed by atoms with Crippen molar-refractivity contribution in [1.82, 2.24) is 19.7 Å². The summed E-state index contributed by atoms with van der Waals surface area (Å²) in [6.45, 7) is 8.79. The summed E-state index contributed by atoms with van der Waals surface area (Å²) in [5, 5.41) is 7.65. The Morgan fingerprint density at radius 2 is 2.07 bits per heavy atom. The molecule has 0 spiro atoms. The monoisotopic (exact) mass is 405 g/mol. The lowest BCUT2D eigenvalue weighted by molar-refractivity contribution is 0.442. The molecule has 8 nitrogen and oxygen atoms in total. The highest BCUT2D eigenvalue weighted by molar-refractivity contribution is 5.82. The van der Waals surface area contributed by atoms with E-state index in [1.165, 1.54) is 6.20 Å². The van der Waals surface area contributed by atoms with Crippen molar-refractivity contribution in [3.63, 3.8) is 0 Å². The highest BCUT2D eigenvalue weighted by atomic mass is 16.5. The van der Waals surface area contributed by atoms with E-state index in [1.54, 1.807) is 29.2 Å². The van der Waals surface area contributed by atoms with Crippen LogP contribution in [0.2, 0.25) is 0 Å². The smallest absolute Gasteiger partial charge is 0.224 e. The second-order valence-electron chi connectivity index (χ2n) is 7.29. The van der Waals surface area contributed by atoms with E-state index in [0.29, 0.717) is 34.9 Å². The largest absolute Gasteiger partial charge is 0.439 e. The first-order valence-electron chi connectivity index (χ1n) is 9.78. The SMILES string of the molecule is Cc1cccc(-n2nc(C)cc2Oc2ccnc(NC(C=NCC(C)C)=CN)c2)n1. The Hall–Kier alpha value is -3.68. The minimum atomic E-state index is 0.478. The Balaban J connectivity index is 1.79. The third-order valence-corrected chi connectivity index (χ3v) is 4.00. The minimum absolute atomic E-state index is 0.478. The zero-order chi connectivity index (χ0) is 21.5. The van der Waals surface area contributed by atoms with Gasteiger partial charge in [-0.05, 0) is 38.0 Å². The number of anilines is 1. The molecule has 3 aromatic heterocycles. The average molecular weight is 406 g/mol. The number of aliphatic imine (C=N–C) groups is 1. The number of hydrogen-bond donors (Lipinski definition) is 2. The molecule has 156 valence electrons. The van der Waals surface area contributed by atoms with Gasteiger partial charge in [0.15, 0.2) is 5.82 Å². The standard InChI is InChI=1S/C22H27N7O/c1-15(2)13-24-14-18(12-23)27-20-11-19(8-9-25-20)30-22-10-17(4)28-29(22)21-7-5-6-16(3)26-21/h5-12,14-15H,13,23H2,1-4H3,(H,25,27). The summed E-state index contributed by atoms with van der Waals surface area (Å²) in [4.78, 5) is 13.2. The Kier molecular flexibility index (Phi) is 6.79. The van der Waals surface area contributed by atoms with Gasteiger partial charge in [0.1, 0.15) is 11.6 Å². The molecule has 0 bridgehead atoms. The third kappa shape index (κ3) is 5.66. The van der Waals surface area contributed by atoms with Crippen molar-refractivity contribution < 1.29 is 4.74 Å². The van der Waals surface area contributed by atoms with E-state index in [1.807, 2.05) is 38.1 Å². The number of hydrogen-bond acceptors (Lipinski definition) is 7. The number of nitrogens with two attached hydrogens (primary N) is 1. The quantitative estimate of drug-likeness (QED) is 0.549. The zero-order valence-corrected chi connectivity index (χ0v) is 17.7. The van der Waals surface area contributed by atoms with Gasteiger partial charge in [-0.1, -0.05) is 19.9 Å². The van der Waals surface area contributed by atoms with Crippen LogP contribution in [0.5, 0.6) is 11.6 Å². The maximum Gasteiger partial charge on any atom is 0.224 e. The summed E-state index contributed by atoms with van der Waals surface area (Å²) in [6, 6.07) is 11.2. The topological polar surface area (TPSA) is 103 Å². The molecule has 3 N–H and O–H groups in total. The first-order valence-corrected chi connectivity index (χ1v) is 9.78. The molecule has 8 heteroatoms. The molecule has 0 fully saturated rings. The predicted molar refractivity (Wildman–Crippen MR) is 119 cm³/mol. The van der Waals surface area contributed by atoms with E-state index in [9.17, 15) is 0 Å². The van der Waals surface area contributed by atoms with E-state index in [2.05, 4.69) is 39.2 Å². The Morgan fingerprint density at radius 1 is 1.23 bits per heavy atom. The van der Waals surface area contributed by atoms with Crippen molar-refractivity contribution in [2.24, 2.45) is 16.6 Å². The second kappa shape index (κ2) is 9.69. The van der Waals surface area contributed by atoms with Crippen LogP contribution in [0, 0.1) is 19.8 Å². The molecule has 3 aromatic rings. The fraction of sp³-hybridized carbons (Fsp3) is 0.273. The number of ether oxygens (including phenoxy) is 1. The first-order chi connectivity index (χ1) is 14.4. The highest BCUT2D eigenvalue weighted by Crippen LogP contribution is 2.26. The van der Waals surface area contributed by atoms with E-state index >= 15 is 0 Å². The maximum absolute atomic E-state index is 6.09. The van der Waals surface area contributed by atoms with Gasteiger partial charge in [0.2, 0.25) is 5.88 Å². The summed E-state index contributed by atoms with van der Waals surface area (Å²) < 4.78 is 7.77. The summed E-state index contributed by atoms with van der Waals surface area (Å²) in [7, 11) is 0. The van der Waals surface area contributed by atoms with Gasteiger partial charge in [0, 0.05) is 43.0 Å². The molecule has 0 amide bonds. The molecule has 0 aliphatic carbocycles. The van der Waals surface area contributed by atoms with Gasteiger partial charge in [-0.2, -0.15) is 9.78 Å². The van der Waals surface area contributed by atoms with Crippen molar-refractivity contribution in [1.29, 1.82) is 0 Å². The van der Waals surface area contributed by atoms with Gasteiger partial charge in [-0.25, -0.2) is 9.97 Å². The van der Waals surface area contributed by atoms with Crippen LogP contribution in [-0.4, -0.2) is 32.5 Å². The number of nitrogens with one attached hydrogen (secondary N) is 1. The molecule has 0 aromatic carbocycles. The summed E-state index contributed by atoms with van der Waals surface area (Å²) in [5.74, 6) is 2.94. The molecule has 0 aliphatic heterocycles. The average Bonchev–Trinajstić information content (AvgIpc) is 3.07. The lowest BCUT2D eigenvalue weighted by Crippen LogP contribution is -2.06. The van der Waals surface area contributed by atoms with Gasteiger partial charge in [0.25, 0.3) is 0 Å². The van der Waals surface area contributed by atoms with Crippen LogP contribution >= 0.6 is 0 Å². The molecule has 3 heterocycles. The van der Waals surface area contributed by atoms with Crippen LogP contribution in [0.3, 0.4) is 0 Å². The van der Waals surface area contributed by atoms with Gasteiger partial charge < -0.3 is 15.8 Å². The van der Waals surface area contributed by atoms with Crippen molar-refractivity contribution in [2.45, 2.75) is 27.7 Å². The molecule has 0 atom stereocenters. The van der Waals surface area contributed by atoms with Gasteiger partial charge in [-0.3, -0.25) is 4.99 Å². The van der Waals surface area contributed by atoms with Crippen molar-refractivity contribution in [2.75, 3.05) is 11.9 Å². The van der Waals surface area contributed by atoms with Crippen LogP contribution in [-0.2, 0) is 0 Å². The molecule has 0 radical (unpaired) electrons. The van der Waals surface area contributed by atoms with Crippen LogP contribution in [0.25, 0.3) is 5.82 Å². The fourth-order valence-corrected chi connectivity index (χ4v) is 2.65. The number of pyridine rings is 2. The molecular formula is C22H27N7O. The Bertz CT molecular complexity index is 1050. The number of allylic oxidation sites excluding steroid dienone is 1. The van der Waals surface area contributed by atoms with Crippen molar-refractivity contribution in [3.05, 3.63) is 65.9 Å². The number of aryl methyl sites for hydroxylation is 2. The molecule has 0 saturated carbocycles. The number of rotatable bonds is 8. The summed E-state index contributed by atoms with van der Waals surface area (Å²) >= 11 is 0.